The van der Waals surface area contributed by atoms with Crippen molar-refractivity contribution in [3.63, 3.8) is 0 Å². The smallest absolute Gasteiger partial charge is 0.217 e. The van der Waals surface area contributed by atoms with Gasteiger partial charge in [0.05, 0.1) is 14.1 Å². The van der Waals surface area contributed by atoms with Gasteiger partial charge in [0.1, 0.15) is 6.54 Å². The second kappa shape index (κ2) is 6.13. The SMILES string of the molecule is CN(CCC[N+](C)(C)O)S(=O)(=O)C(F)(F)C(F)(F)C(C)(F)F. The van der Waals surface area contributed by atoms with Crippen molar-refractivity contribution in [2.24, 2.45) is 0 Å². The molecule has 0 heterocycles. The van der Waals surface area contributed by atoms with Crippen molar-refractivity contribution >= 4 is 10.0 Å². The predicted molar refractivity (Wildman–Crippen MR) is 65.4 cm³/mol. The van der Waals surface area contributed by atoms with Gasteiger partial charge in [-0.1, -0.05) is 0 Å². The van der Waals surface area contributed by atoms with Crippen molar-refractivity contribution < 1.29 is 44.6 Å². The molecule has 1 N–H and O–H groups in total. The molecule has 0 radical (unpaired) electrons. The second-order valence-corrected chi connectivity index (χ2v) is 7.59. The summed E-state index contributed by atoms with van der Waals surface area (Å²) in [5.41, 5.74) is 0. The van der Waals surface area contributed by atoms with Crippen LogP contribution in [0.15, 0.2) is 0 Å². The number of halogens is 6. The molecule has 0 aliphatic rings. The first kappa shape index (κ1) is 21.4. The van der Waals surface area contributed by atoms with Crippen LogP contribution in [0.2, 0.25) is 0 Å². The Morgan fingerprint density at radius 1 is 1.09 bits per heavy atom. The summed E-state index contributed by atoms with van der Waals surface area (Å²) in [6.45, 7) is -1.19. The zero-order chi connectivity index (χ0) is 18.2. The van der Waals surface area contributed by atoms with Gasteiger partial charge in [-0.15, -0.1) is 0 Å². The third kappa shape index (κ3) is 4.24. The lowest BCUT2D eigenvalue weighted by Crippen LogP contribution is -2.59. The van der Waals surface area contributed by atoms with Gasteiger partial charge in [0.15, 0.2) is 0 Å². The van der Waals surface area contributed by atoms with Gasteiger partial charge < -0.3 is 0 Å². The Morgan fingerprint density at radius 3 is 1.82 bits per heavy atom. The maximum absolute atomic E-state index is 13.5. The zero-order valence-corrected chi connectivity index (χ0v) is 13.3. The molecule has 0 unspecified atom stereocenters. The average Bonchev–Trinajstić information content (AvgIpc) is 2.24. The van der Waals surface area contributed by atoms with Gasteiger partial charge in [0.2, 0.25) is 0 Å². The van der Waals surface area contributed by atoms with Crippen molar-refractivity contribution in [3.05, 3.63) is 0 Å². The van der Waals surface area contributed by atoms with Crippen LogP contribution < -0.4 is 0 Å². The summed E-state index contributed by atoms with van der Waals surface area (Å²) in [6, 6.07) is 0. The molecule has 0 saturated heterocycles. The van der Waals surface area contributed by atoms with E-state index < -0.39 is 45.2 Å². The Balaban J connectivity index is 5.29. The number of quaternary nitrogens is 1. The van der Waals surface area contributed by atoms with Crippen LogP contribution in [0.4, 0.5) is 26.3 Å². The molecule has 5 nitrogen and oxygen atoms in total. The van der Waals surface area contributed by atoms with E-state index in [1.54, 1.807) is 0 Å². The van der Waals surface area contributed by atoms with E-state index in [0.717, 1.165) is 0 Å². The van der Waals surface area contributed by atoms with Gasteiger partial charge >= 0.3 is 17.1 Å². The fourth-order valence-electron chi connectivity index (χ4n) is 1.41. The Bertz CT molecular complexity index is 484. The van der Waals surface area contributed by atoms with E-state index in [0.29, 0.717) is 7.05 Å². The number of sulfonamides is 1. The van der Waals surface area contributed by atoms with E-state index >= 15 is 0 Å². The van der Waals surface area contributed by atoms with Crippen LogP contribution in [0.3, 0.4) is 0 Å². The molecule has 0 bridgehead atoms. The largest absolute Gasteiger partial charge is 0.427 e. The molecule has 22 heavy (non-hydrogen) atoms. The van der Waals surface area contributed by atoms with Crippen LogP contribution >= 0.6 is 0 Å². The fraction of sp³-hybridized carbons (Fsp3) is 1.00. The van der Waals surface area contributed by atoms with Gasteiger partial charge in [0.25, 0.3) is 10.0 Å². The molecule has 12 heteroatoms. The summed E-state index contributed by atoms with van der Waals surface area (Å²) in [7, 11) is -2.81. The summed E-state index contributed by atoms with van der Waals surface area (Å²) in [6.07, 6.45) is -0.149. The Hall–Kier alpha value is -0.590. The summed E-state index contributed by atoms with van der Waals surface area (Å²) in [5.74, 6) is -11.3. The number of rotatable bonds is 8. The monoisotopic (exact) mass is 361 g/mol. The number of alkyl halides is 6. The highest BCUT2D eigenvalue weighted by atomic mass is 32.2. The number of hydroxylamine groups is 3. The molecule has 0 aliphatic heterocycles. The summed E-state index contributed by atoms with van der Waals surface area (Å²) < 4.78 is 101. The number of nitrogens with zero attached hydrogens (tertiary/aromatic N) is 2. The molecule has 0 aromatic rings. The molecule has 0 aromatic heterocycles. The van der Waals surface area contributed by atoms with Crippen molar-refractivity contribution in [3.8, 4) is 0 Å². The summed E-state index contributed by atoms with van der Waals surface area (Å²) in [5, 5.41) is 3.36. The fourth-order valence-corrected chi connectivity index (χ4v) is 2.68. The molecule has 0 spiro atoms. The average molecular weight is 361 g/mol. The molecule has 134 valence electrons. The highest BCUT2D eigenvalue weighted by Gasteiger charge is 2.76. The normalized spacial score (nSPS) is 15.5. The van der Waals surface area contributed by atoms with Crippen LogP contribution in [0.25, 0.3) is 0 Å². The lowest BCUT2D eigenvalue weighted by molar-refractivity contribution is -1.07. The van der Waals surface area contributed by atoms with E-state index in [1.165, 1.54) is 14.1 Å². The minimum Gasteiger partial charge on any atom is -0.217 e. The third-order valence-corrected chi connectivity index (χ3v) is 4.74. The van der Waals surface area contributed by atoms with Crippen molar-refractivity contribution in [2.75, 3.05) is 34.2 Å². The minimum atomic E-state index is -6.07. The third-order valence-electron chi connectivity index (χ3n) is 2.83. The highest BCUT2D eigenvalue weighted by molar-refractivity contribution is 7.90. The molecule has 0 fully saturated rings. The second-order valence-electron chi connectivity index (χ2n) is 5.50. The van der Waals surface area contributed by atoms with Crippen LogP contribution in [-0.4, -0.2) is 73.9 Å². The lowest BCUT2D eigenvalue weighted by Gasteiger charge is -2.32. The number of hydrogen-bond donors (Lipinski definition) is 1. The number of hydrogen-bond acceptors (Lipinski definition) is 3. The Kier molecular flexibility index (Phi) is 5.97. The van der Waals surface area contributed by atoms with Crippen LogP contribution in [0, 0.1) is 0 Å². The maximum Gasteiger partial charge on any atom is 0.427 e. The quantitative estimate of drug-likeness (QED) is 0.409. The van der Waals surface area contributed by atoms with Crippen molar-refractivity contribution in [1.29, 1.82) is 0 Å². The van der Waals surface area contributed by atoms with Crippen LogP contribution in [-0.2, 0) is 10.0 Å². The van der Waals surface area contributed by atoms with E-state index in [9.17, 15) is 40.0 Å². The molecule has 0 amide bonds. The van der Waals surface area contributed by atoms with E-state index in [1.807, 2.05) is 0 Å². The van der Waals surface area contributed by atoms with Crippen LogP contribution in [0.1, 0.15) is 13.3 Å². The molecule has 0 rings (SSSR count). The molecular weight excluding hydrogens is 342 g/mol. The predicted octanol–water partition coefficient (Wildman–Crippen LogP) is 1.99. The molecule has 0 aliphatic carbocycles. The lowest BCUT2D eigenvalue weighted by atomic mass is 10.2. The molecule has 0 atom stereocenters. The van der Waals surface area contributed by atoms with E-state index in [-0.39, 0.29) is 17.3 Å². The Morgan fingerprint density at radius 2 is 1.50 bits per heavy atom. The van der Waals surface area contributed by atoms with Crippen LogP contribution in [0.5, 0.6) is 0 Å². The zero-order valence-electron chi connectivity index (χ0n) is 12.5. The topological polar surface area (TPSA) is 57.6 Å². The van der Waals surface area contributed by atoms with Gasteiger partial charge in [-0.3, -0.25) is 0 Å². The van der Waals surface area contributed by atoms with E-state index in [2.05, 4.69) is 0 Å². The van der Waals surface area contributed by atoms with Gasteiger partial charge in [-0.05, 0) is 0 Å². The van der Waals surface area contributed by atoms with Crippen molar-refractivity contribution in [1.82, 2.24) is 4.31 Å². The summed E-state index contributed by atoms with van der Waals surface area (Å²) >= 11 is 0. The standard InChI is InChI=1S/C10H19F6N2O3S/c1-8(11,12)9(13,14)10(15,16)22(20,21)17(2)6-5-7-18(3,4)19/h19H,5-7H2,1-4H3/q+1. The molecular formula is C10H19F6N2O3S+. The Labute approximate surface area is 124 Å². The first-order valence-corrected chi connectivity index (χ1v) is 7.47. The summed E-state index contributed by atoms with van der Waals surface area (Å²) in [4.78, 5) is 0. The van der Waals surface area contributed by atoms with E-state index in [4.69, 9.17) is 0 Å². The molecule has 0 saturated carbocycles. The van der Waals surface area contributed by atoms with Crippen molar-refractivity contribution in [2.45, 2.75) is 30.4 Å². The van der Waals surface area contributed by atoms with Gasteiger partial charge in [0, 0.05) is 26.9 Å². The van der Waals surface area contributed by atoms with Gasteiger partial charge in [-0.2, -0.15) is 35.3 Å². The highest BCUT2D eigenvalue weighted by Crippen LogP contribution is 2.48. The first-order chi connectivity index (χ1) is 9.38. The maximum atomic E-state index is 13.5. The molecule has 0 aromatic carbocycles. The first-order valence-electron chi connectivity index (χ1n) is 6.03. The minimum absolute atomic E-state index is 0.0637. The van der Waals surface area contributed by atoms with Gasteiger partial charge in [-0.25, -0.2) is 13.6 Å².